The van der Waals surface area contributed by atoms with Crippen LogP contribution in [-0.2, 0) is 23.5 Å². The van der Waals surface area contributed by atoms with Gasteiger partial charge in [0.2, 0.25) is 10.0 Å². The molecule has 11 heteroatoms. The zero-order chi connectivity index (χ0) is 23.0. The van der Waals surface area contributed by atoms with E-state index in [0.29, 0.717) is 55.0 Å². The summed E-state index contributed by atoms with van der Waals surface area (Å²) in [6, 6.07) is 4.63. The summed E-state index contributed by atoms with van der Waals surface area (Å²) in [7, 11) is -1.98. The molecule has 1 fully saturated rings. The van der Waals surface area contributed by atoms with Crippen molar-refractivity contribution in [1.82, 2.24) is 24.1 Å². The SMILES string of the molecule is CCCc1nn(C)c2c(=O)[nH]c(-c3cc(S(=O)(=O)N4CC(CN)C4)ccc3OCC)nc12. The average Bonchev–Trinajstić information content (AvgIpc) is 3.03. The van der Waals surface area contributed by atoms with Crippen molar-refractivity contribution in [3.05, 3.63) is 34.2 Å². The lowest BCUT2D eigenvalue weighted by atomic mass is 10.0. The smallest absolute Gasteiger partial charge is 0.277 e. The van der Waals surface area contributed by atoms with Gasteiger partial charge in [0.05, 0.1) is 22.8 Å². The molecule has 0 atom stereocenters. The maximum atomic E-state index is 13.1. The minimum atomic E-state index is -3.69. The highest BCUT2D eigenvalue weighted by Crippen LogP contribution is 2.33. The molecule has 10 nitrogen and oxygen atoms in total. The third-order valence-electron chi connectivity index (χ3n) is 5.65. The number of aromatic amines is 1. The first-order valence-corrected chi connectivity index (χ1v) is 12.2. The number of fused-ring (bicyclic) bond motifs is 1. The Bertz CT molecular complexity index is 1310. The standard InChI is InChI=1S/C21H28N6O4S/c1-4-6-16-18-19(26(3)25-16)21(28)24-20(23-18)15-9-14(7-8-17(15)31-5-2)32(29,30)27-11-13(10-22)12-27/h7-9,13H,4-6,10-12,22H2,1-3H3,(H,23,24,28). The van der Waals surface area contributed by atoms with Crippen LogP contribution in [0.25, 0.3) is 22.4 Å². The third kappa shape index (κ3) is 3.80. The topological polar surface area (TPSA) is 136 Å². The van der Waals surface area contributed by atoms with Gasteiger partial charge in [0.15, 0.2) is 5.52 Å². The summed E-state index contributed by atoms with van der Waals surface area (Å²) in [5, 5.41) is 4.44. The van der Waals surface area contributed by atoms with Gasteiger partial charge < -0.3 is 15.5 Å². The van der Waals surface area contributed by atoms with E-state index in [1.807, 2.05) is 13.8 Å². The predicted octanol–water partition coefficient (Wildman–Crippen LogP) is 1.25. The Kier molecular flexibility index (Phi) is 6.06. The summed E-state index contributed by atoms with van der Waals surface area (Å²) in [5.74, 6) is 0.866. The summed E-state index contributed by atoms with van der Waals surface area (Å²) < 4.78 is 34.8. The number of sulfonamides is 1. The summed E-state index contributed by atoms with van der Waals surface area (Å²) >= 11 is 0. The van der Waals surface area contributed by atoms with E-state index in [0.717, 1.165) is 12.1 Å². The Morgan fingerprint density at radius 1 is 1.28 bits per heavy atom. The summed E-state index contributed by atoms with van der Waals surface area (Å²) in [6.07, 6.45) is 1.53. The first kappa shape index (κ1) is 22.4. The van der Waals surface area contributed by atoms with Gasteiger partial charge in [-0.05, 0) is 44.0 Å². The quantitative estimate of drug-likeness (QED) is 0.516. The Hall–Kier alpha value is -2.76. The fourth-order valence-corrected chi connectivity index (χ4v) is 5.55. The maximum absolute atomic E-state index is 13.1. The molecular weight excluding hydrogens is 432 g/mol. The monoisotopic (exact) mass is 460 g/mol. The molecule has 0 bridgehead atoms. The van der Waals surface area contributed by atoms with Crippen LogP contribution < -0.4 is 16.0 Å². The van der Waals surface area contributed by atoms with E-state index >= 15 is 0 Å². The van der Waals surface area contributed by atoms with E-state index in [4.69, 9.17) is 10.5 Å². The largest absolute Gasteiger partial charge is 0.493 e. The van der Waals surface area contributed by atoms with Crippen molar-refractivity contribution >= 4 is 21.1 Å². The lowest BCUT2D eigenvalue weighted by molar-refractivity contribution is 0.207. The van der Waals surface area contributed by atoms with Gasteiger partial charge in [0.25, 0.3) is 5.56 Å². The number of nitrogens with zero attached hydrogens (tertiary/aromatic N) is 4. The molecule has 1 saturated heterocycles. The second-order valence-electron chi connectivity index (χ2n) is 7.95. The Morgan fingerprint density at radius 2 is 2.03 bits per heavy atom. The fourth-order valence-electron chi connectivity index (χ4n) is 3.93. The van der Waals surface area contributed by atoms with Crippen LogP contribution >= 0.6 is 0 Å². The third-order valence-corrected chi connectivity index (χ3v) is 7.48. The molecular formula is C21H28N6O4S. The second kappa shape index (κ2) is 8.64. The zero-order valence-corrected chi connectivity index (χ0v) is 19.3. The minimum absolute atomic E-state index is 0.120. The Morgan fingerprint density at radius 3 is 2.69 bits per heavy atom. The summed E-state index contributed by atoms with van der Waals surface area (Å²) in [6.45, 7) is 5.50. The molecule has 0 spiro atoms. The molecule has 172 valence electrons. The van der Waals surface area contributed by atoms with Crippen molar-refractivity contribution in [3.63, 3.8) is 0 Å². The number of aryl methyl sites for hydroxylation is 2. The number of hydrogen-bond acceptors (Lipinski definition) is 7. The fraction of sp³-hybridized carbons (Fsp3) is 0.476. The number of nitrogens with one attached hydrogen (secondary N) is 1. The van der Waals surface area contributed by atoms with Gasteiger partial charge in [-0.2, -0.15) is 9.40 Å². The number of H-pyrrole nitrogens is 1. The molecule has 0 saturated carbocycles. The van der Waals surface area contributed by atoms with Crippen molar-refractivity contribution in [2.45, 2.75) is 31.6 Å². The van der Waals surface area contributed by atoms with E-state index < -0.39 is 10.0 Å². The van der Waals surface area contributed by atoms with Gasteiger partial charge in [-0.1, -0.05) is 13.3 Å². The highest BCUT2D eigenvalue weighted by atomic mass is 32.2. The number of rotatable bonds is 8. The van der Waals surface area contributed by atoms with Gasteiger partial charge in [0.1, 0.15) is 17.1 Å². The van der Waals surface area contributed by atoms with Gasteiger partial charge >= 0.3 is 0 Å². The number of benzene rings is 1. The van der Waals surface area contributed by atoms with Crippen LogP contribution in [0.1, 0.15) is 26.0 Å². The van der Waals surface area contributed by atoms with E-state index in [2.05, 4.69) is 15.1 Å². The highest BCUT2D eigenvalue weighted by molar-refractivity contribution is 7.89. The van der Waals surface area contributed by atoms with Crippen molar-refractivity contribution < 1.29 is 13.2 Å². The first-order valence-electron chi connectivity index (χ1n) is 10.7. The van der Waals surface area contributed by atoms with Crippen molar-refractivity contribution in [1.29, 1.82) is 0 Å². The van der Waals surface area contributed by atoms with Crippen molar-refractivity contribution in [2.75, 3.05) is 26.2 Å². The zero-order valence-electron chi connectivity index (χ0n) is 18.5. The molecule has 1 aliphatic heterocycles. The number of aromatic nitrogens is 4. The van der Waals surface area contributed by atoms with E-state index in [-0.39, 0.29) is 22.2 Å². The predicted molar refractivity (Wildman–Crippen MR) is 121 cm³/mol. The number of ether oxygens (including phenoxy) is 1. The second-order valence-corrected chi connectivity index (χ2v) is 9.88. The summed E-state index contributed by atoms with van der Waals surface area (Å²) in [5.41, 5.74) is 7.33. The molecule has 4 rings (SSSR count). The average molecular weight is 461 g/mol. The molecule has 3 N–H and O–H groups in total. The van der Waals surface area contributed by atoms with Gasteiger partial charge in [-0.15, -0.1) is 0 Å². The highest BCUT2D eigenvalue weighted by Gasteiger charge is 2.36. The van der Waals surface area contributed by atoms with E-state index in [1.165, 1.54) is 21.1 Å². The van der Waals surface area contributed by atoms with Crippen LogP contribution in [0.15, 0.2) is 27.9 Å². The molecule has 1 aromatic carbocycles. The van der Waals surface area contributed by atoms with Crippen LogP contribution in [-0.4, -0.2) is 58.7 Å². The molecule has 3 aromatic rings. The van der Waals surface area contributed by atoms with Crippen LogP contribution in [0, 0.1) is 5.92 Å². The lowest BCUT2D eigenvalue weighted by Crippen LogP contribution is -2.52. The molecule has 3 heterocycles. The van der Waals surface area contributed by atoms with Gasteiger partial charge in [-0.3, -0.25) is 9.48 Å². The summed E-state index contributed by atoms with van der Waals surface area (Å²) in [4.78, 5) is 20.4. The van der Waals surface area contributed by atoms with E-state index in [9.17, 15) is 13.2 Å². The Labute approximate surface area is 186 Å². The molecule has 0 unspecified atom stereocenters. The minimum Gasteiger partial charge on any atom is -0.493 e. The van der Waals surface area contributed by atoms with Gasteiger partial charge in [0, 0.05) is 20.1 Å². The normalized spacial score (nSPS) is 15.2. The van der Waals surface area contributed by atoms with E-state index in [1.54, 1.807) is 13.1 Å². The molecule has 0 radical (unpaired) electrons. The number of nitrogens with two attached hydrogens (primary N) is 1. The van der Waals surface area contributed by atoms with Crippen LogP contribution in [0.5, 0.6) is 5.75 Å². The molecule has 1 aliphatic rings. The maximum Gasteiger partial charge on any atom is 0.277 e. The molecule has 32 heavy (non-hydrogen) atoms. The molecule has 0 amide bonds. The van der Waals surface area contributed by atoms with Crippen LogP contribution in [0.2, 0.25) is 0 Å². The molecule has 2 aromatic heterocycles. The van der Waals surface area contributed by atoms with Crippen molar-refractivity contribution in [2.24, 2.45) is 18.7 Å². The number of hydrogen-bond donors (Lipinski definition) is 2. The van der Waals surface area contributed by atoms with Crippen LogP contribution in [0.3, 0.4) is 0 Å². The molecule has 0 aliphatic carbocycles. The Balaban J connectivity index is 1.85. The first-order chi connectivity index (χ1) is 15.3. The van der Waals surface area contributed by atoms with Crippen LogP contribution in [0.4, 0.5) is 0 Å². The lowest BCUT2D eigenvalue weighted by Gasteiger charge is -2.37. The van der Waals surface area contributed by atoms with Crippen molar-refractivity contribution in [3.8, 4) is 17.1 Å². The van der Waals surface area contributed by atoms with Gasteiger partial charge in [-0.25, -0.2) is 13.4 Å².